The van der Waals surface area contributed by atoms with Gasteiger partial charge >= 0.3 is 5.97 Å². The molecule has 0 aliphatic heterocycles. The lowest BCUT2D eigenvalue weighted by Gasteiger charge is -2.04. The van der Waals surface area contributed by atoms with Crippen LogP contribution < -0.4 is 10.6 Å². The number of aryl methyl sites for hydroxylation is 1. The first-order chi connectivity index (χ1) is 13.5. The van der Waals surface area contributed by atoms with Crippen LogP contribution in [0.2, 0.25) is 5.02 Å². The lowest BCUT2D eigenvalue weighted by molar-refractivity contribution is -0.113. The lowest BCUT2D eigenvalue weighted by atomic mass is 10.2. The number of nitrogens with one attached hydrogen (secondary N) is 2. The zero-order valence-electron chi connectivity index (χ0n) is 14.8. The Morgan fingerprint density at radius 2 is 2.11 bits per heavy atom. The normalized spacial score (nSPS) is 10.5. The Morgan fingerprint density at radius 3 is 2.86 bits per heavy atom. The summed E-state index contributed by atoms with van der Waals surface area (Å²) in [5.41, 5.74) is 2.25. The van der Waals surface area contributed by atoms with E-state index in [2.05, 4.69) is 20.8 Å². The van der Waals surface area contributed by atoms with Crippen LogP contribution in [0.3, 0.4) is 0 Å². The van der Waals surface area contributed by atoms with Crippen LogP contribution >= 0.6 is 46.0 Å². The van der Waals surface area contributed by atoms with Crippen LogP contribution in [0.5, 0.6) is 0 Å². The molecule has 0 aliphatic rings. The maximum Gasteiger partial charge on any atom is 0.350 e. The van der Waals surface area contributed by atoms with Crippen LogP contribution in [0.15, 0.2) is 34.0 Å². The summed E-state index contributed by atoms with van der Waals surface area (Å²) in [5.74, 6) is -0.584. The van der Waals surface area contributed by atoms with Crippen LogP contribution in [0.25, 0.3) is 0 Å². The quantitative estimate of drug-likeness (QED) is 0.390. The van der Waals surface area contributed by atoms with Crippen molar-refractivity contribution in [3.05, 3.63) is 45.1 Å². The summed E-state index contributed by atoms with van der Waals surface area (Å²) in [6.45, 7) is 1.93. The van der Waals surface area contributed by atoms with Crippen LogP contribution in [0.4, 0.5) is 16.5 Å². The van der Waals surface area contributed by atoms with Gasteiger partial charge in [-0.3, -0.25) is 4.79 Å². The molecule has 7 nitrogen and oxygen atoms in total. The third kappa shape index (κ3) is 5.22. The number of carbonyl (C=O) groups excluding carboxylic acids is 2. The van der Waals surface area contributed by atoms with Gasteiger partial charge in [-0.05, 0) is 36.1 Å². The Kier molecular flexibility index (Phi) is 6.89. The summed E-state index contributed by atoms with van der Waals surface area (Å²) >= 11 is 9.92. The zero-order chi connectivity index (χ0) is 20.1. The highest BCUT2D eigenvalue weighted by Gasteiger charge is 2.16. The molecule has 3 aromatic rings. The second kappa shape index (κ2) is 9.37. The summed E-state index contributed by atoms with van der Waals surface area (Å²) in [6, 6.07) is 7.30. The standard InChI is InChI=1S/C17H15ClN4O3S3/c1-9-3-4-10(7-11(9)18)19-16-21-22-17(28-16)27-8-13(23)20-12-5-6-26-14(12)15(24)25-2/h3-7H,8H2,1-2H3,(H,19,21)(H,20,23). The van der Waals surface area contributed by atoms with Crippen molar-refractivity contribution >= 4 is 74.4 Å². The maximum atomic E-state index is 12.2. The second-order valence-corrected chi connectivity index (χ2v) is 8.98. The zero-order valence-corrected chi connectivity index (χ0v) is 18.0. The Morgan fingerprint density at radius 1 is 1.29 bits per heavy atom. The van der Waals surface area contributed by atoms with E-state index < -0.39 is 5.97 Å². The van der Waals surface area contributed by atoms with E-state index >= 15 is 0 Å². The van der Waals surface area contributed by atoms with Crippen molar-refractivity contribution in [2.24, 2.45) is 0 Å². The van der Waals surface area contributed by atoms with Gasteiger partial charge < -0.3 is 15.4 Å². The van der Waals surface area contributed by atoms with Crippen molar-refractivity contribution in [1.82, 2.24) is 10.2 Å². The van der Waals surface area contributed by atoms with Crippen molar-refractivity contribution in [1.29, 1.82) is 0 Å². The third-order valence-electron chi connectivity index (χ3n) is 3.47. The monoisotopic (exact) mass is 454 g/mol. The predicted molar refractivity (Wildman–Crippen MR) is 114 cm³/mol. The highest BCUT2D eigenvalue weighted by Crippen LogP contribution is 2.29. The number of carbonyl (C=O) groups is 2. The van der Waals surface area contributed by atoms with Crippen molar-refractivity contribution in [3.63, 3.8) is 0 Å². The largest absolute Gasteiger partial charge is 0.465 e. The van der Waals surface area contributed by atoms with Crippen LogP contribution in [-0.4, -0.2) is 34.9 Å². The highest BCUT2D eigenvalue weighted by molar-refractivity contribution is 8.01. The molecule has 0 aliphatic carbocycles. The molecule has 2 heterocycles. The molecule has 0 atom stereocenters. The van der Waals surface area contributed by atoms with Gasteiger partial charge in [-0.2, -0.15) is 0 Å². The minimum Gasteiger partial charge on any atom is -0.465 e. The fraction of sp³-hybridized carbons (Fsp3) is 0.176. The average molecular weight is 455 g/mol. The van der Waals surface area contributed by atoms with E-state index in [1.807, 2.05) is 25.1 Å². The molecule has 2 N–H and O–H groups in total. The van der Waals surface area contributed by atoms with Crippen LogP contribution in [0.1, 0.15) is 15.2 Å². The third-order valence-corrected chi connectivity index (χ3v) is 6.74. The summed E-state index contributed by atoms with van der Waals surface area (Å²) in [5, 5.41) is 17.0. The number of rotatable bonds is 7. The first-order valence-electron chi connectivity index (χ1n) is 7.91. The number of amides is 1. The molecule has 0 bridgehead atoms. The summed E-state index contributed by atoms with van der Waals surface area (Å²) in [7, 11) is 1.30. The molecular weight excluding hydrogens is 440 g/mol. The fourth-order valence-electron chi connectivity index (χ4n) is 2.08. The number of methoxy groups -OCH3 is 1. The van der Waals surface area contributed by atoms with E-state index in [-0.39, 0.29) is 11.7 Å². The number of thiophene rings is 1. The first kappa shape index (κ1) is 20.6. The number of thioether (sulfide) groups is 1. The van der Waals surface area contributed by atoms with Crippen LogP contribution in [0, 0.1) is 6.92 Å². The van der Waals surface area contributed by atoms with E-state index in [9.17, 15) is 9.59 Å². The predicted octanol–water partition coefficient (Wildman–Crippen LogP) is 4.82. The number of hydrogen-bond donors (Lipinski definition) is 2. The molecule has 2 aromatic heterocycles. The van der Waals surface area contributed by atoms with E-state index in [0.717, 1.165) is 11.3 Å². The minimum absolute atomic E-state index is 0.140. The Bertz CT molecular complexity index is 1010. The number of aromatic nitrogens is 2. The molecule has 1 amide bonds. The van der Waals surface area contributed by atoms with Gasteiger partial charge in [0.25, 0.3) is 0 Å². The SMILES string of the molecule is COC(=O)c1sccc1NC(=O)CSc1nnc(Nc2ccc(C)c(Cl)c2)s1. The number of halogens is 1. The molecule has 3 rings (SSSR count). The Balaban J connectivity index is 1.54. The summed E-state index contributed by atoms with van der Waals surface area (Å²) < 4.78 is 5.34. The molecule has 0 spiro atoms. The van der Waals surface area contributed by atoms with E-state index in [1.165, 1.54) is 41.5 Å². The molecule has 0 unspecified atom stereocenters. The topological polar surface area (TPSA) is 93.2 Å². The van der Waals surface area contributed by atoms with Crippen molar-refractivity contribution in [3.8, 4) is 0 Å². The molecule has 0 fully saturated rings. The van der Waals surface area contributed by atoms with Gasteiger partial charge in [0.1, 0.15) is 4.88 Å². The fourth-order valence-corrected chi connectivity index (χ4v) is 4.60. The lowest BCUT2D eigenvalue weighted by Crippen LogP contribution is -2.15. The first-order valence-corrected chi connectivity index (χ1v) is 11.0. The van der Waals surface area contributed by atoms with Gasteiger partial charge in [0.05, 0.1) is 18.6 Å². The number of esters is 1. The summed E-state index contributed by atoms with van der Waals surface area (Å²) in [6.07, 6.45) is 0. The van der Waals surface area contributed by atoms with E-state index in [1.54, 1.807) is 11.4 Å². The molecule has 11 heteroatoms. The minimum atomic E-state index is -0.478. The number of benzene rings is 1. The molecule has 146 valence electrons. The van der Waals surface area contributed by atoms with Gasteiger partial charge in [-0.1, -0.05) is 40.8 Å². The number of ether oxygens (including phenoxy) is 1. The van der Waals surface area contributed by atoms with E-state index in [4.69, 9.17) is 16.3 Å². The average Bonchev–Trinajstić information content (AvgIpc) is 3.32. The van der Waals surface area contributed by atoms with Gasteiger partial charge in [-0.15, -0.1) is 21.5 Å². The van der Waals surface area contributed by atoms with Crippen molar-refractivity contribution < 1.29 is 14.3 Å². The second-order valence-electron chi connectivity index (χ2n) is 5.45. The Hall–Kier alpha value is -2.14. The number of anilines is 3. The smallest absolute Gasteiger partial charge is 0.350 e. The number of hydrogen-bond acceptors (Lipinski definition) is 9. The molecule has 0 saturated heterocycles. The summed E-state index contributed by atoms with van der Waals surface area (Å²) in [4.78, 5) is 24.2. The molecule has 1 aromatic carbocycles. The molecule has 0 radical (unpaired) electrons. The van der Waals surface area contributed by atoms with Gasteiger partial charge in [0.2, 0.25) is 11.0 Å². The van der Waals surface area contributed by atoms with E-state index in [0.29, 0.717) is 25.1 Å². The molecule has 28 heavy (non-hydrogen) atoms. The van der Waals surface area contributed by atoms with Crippen molar-refractivity contribution in [2.45, 2.75) is 11.3 Å². The number of nitrogens with zero attached hydrogens (tertiary/aromatic N) is 2. The highest BCUT2D eigenvalue weighted by atomic mass is 35.5. The van der Waals surface area contributed by atoms with Gasteiger partial charge in [-0.25, -0.2) is 4.79 Å². The molecular formula is C17H15ClN4O3S3. The van der Waals surface area contributed by atoms with Crippen molar-refractivity contribution in [2.75, 3.05) is 23.5 Å². The molecule has 0 saturated carbocycles. The van der Waals surface area contributed by atoms with Gasteiger partial charge in [0.15, 0.2) is 4.34 Å². The maximum absolute atomic E-state index is 12.2. The van der Waals surface area contributed by atoms with Gasteiger partial charge in [0, 0.05) is 10.7 Å². The van der Waals surface area contributed by atoms with Crippen LogP contribution in [-0.2, 0) is 9.53 Å². The Labute approximate surface area is 178 Å².